The molecular weight excluding hydrogens is 266 g/mol. The minimum absolute atomic E-state index is 0.0667. The lowest BCUT2D eigenvalue weighted by Gasteiger charge is -2.36. The number of nitrogens with zero attached hydrogens (tertiary/aromatic N) is 3. The summed E-state index contributed by atoms with van der Waals surface area (Å²) in [6, 6.07) is 0.430. The summed E-state index contributed by atoms with van der Waals surface area (Å²) in [6.07, 6.45) is 6.80. The zero-order valence-electron chi connectivity index (χ0n) is 12.9. The van der Waals surface area contributed by atoms with E-state index in [0.717, 1.165) is 42.6 Å². The van der Waals surface area contributed by atoms with Crippen molar-refractivity contribution in [2.45, 2.75) is 57.7 Å². The Labute approximate surface area is 125 Å². The van der Waals surface area contributed by atoms with Crippen LogP contribution >= 0.6 is 0 Å². The zero-order valence-corrected chi connectivity index (χ0v) is 12.9. The van der Waals surface area contributed by atoms with E-state index in [2.05, 4.69) is 5.10 Å². The molecule has 114 valence electrons. The van der Waals surface area contributed by atoms with Crippen LogP contribution in [0.1, 0.15) is 42.6 Å². The number of aliphatic hydroxyl groups excluding tert-OH is 1. The van der Waals surface area contributed by atoms with Gasteiger partial charge in [0.05, 0.1) is 11.8 Å². The molecule has 1 aromatic heterocycles. The van der Waals surface area contributed by atoms with Crippen molar-refractivity contribution in [1.82, 2.24) is 14.7 Å². The van der Waals surface area contributed by atoms with Gasteiger partial charge in [0.15, 0.2) is 0 Å². The summed E-state index contributed by atoms with van der Waals surface area (Å²) in [4.78, 5) is 14.5. The summed E-state index contributed by atoms with van der Waals surface area (Å²) >= 11 is 0. The maximum absolute atomic E-state index is 12.5. The van der Waals surface area contributed by atoms with E-state index in [-0.39, 0.29) is 24.1 Å². The van der Waals surface area contributed by atoms with E-state index in [4.69, 9.17) is 0 Å². The molecule has 0 saturated carbocycles. The van der Waals surface area contributed by atoms with E-state index in [9.17, 15) is 9.90 Å². The number of aliphatic hydroxyl groups is 1. The van der Waals surface area contributed by atoms with Gasteiger partial charge in [-0.2, -0.15) is 5.10 Å². The molecule has 5 nitrogen and oxygen atoms in total. The molecule has 3 heterocycles. The fourth-order valence-electron chi connectivity index (χ4n) is 3.78. The van der Waals surface area contributed by atoms with E-state index in [1.54, 1.807) is 6.08 Å². The zero-order chi connectivity index (χ0) is 15.1. The fourth-order valence-corrected chi connectivity index (χ4v) is 3.78. The van der Waals surface area contributed by atoms with Crippen molar-refractivity contribution in [3.05, 3.63) is 23.0 Å². The number of amides is 1. The lowest BCUT2D eigenvalue weighted by Crippen LogP contribution is -2.47. The number of aryl methyl sites for hydroxylation is 2. The Morgan fingerprint density at radius 3 is 2.43 bits per heavy atom. The second-order valence-corrected chi connectivity index (χ2v) is 6.30. The molecule has 3 rings (SSSR count). The van der Waals surface area contributed by atoms with Gasteiger partial charge in [-0.15, -0.1) is 0 Å². The highest BCUT2D eigenvalue weighted by atomic mass is 16.3. The smallest absolute Gasteiger partial charge is 0.247 e. The number of hydrogen-bond acceptors (Lipinski definition) is 3. The van der Waals surface area contributed by atoms with E-state index in [1.807, 2.05) is 36.6 Å². The lowest BCUT2D eigenvalue weighted by atomic mass is 9.99. The first-order valence-corrected chi connectivity index (χ1v) is 7.66. The van der Waals surface area contributed by atoms with Gasteiger partial charge in [-0.25, -0.2) is 0 Å². The third kappa shape index (κ3) is 2.50. The van der Waals surface area contributed by atoms with E-state index in [0.29, 0.717) is 0 Å². The number of piperidine rings is 1. The number of fused-ring (bicyclic) bond motifs is 2. The SMILES string of the molecule is Cc1nn(C)c(C)c1C=CC(=O)N1C2CCC1CC(O)C2. The average molecular weight is 289 g/mol. The predicted octanol–water partition coefficient (Wildman–Crippen LogP) is 1.56. The van der Waals surface area contributed by atoms with Gasteiger partial charge in [0.1, 0.15) is 0 Å². The van der Waals surface area contributed by atoms with Gasteiger partial charge in [-0.1, -0.05) is 0 Å². The summed E-state index contributed by atoms with van der Waals surface area (Å²) in [5, 5.41) is 14.2. The molecule has 2 aliphatic heterocycles. The van der Waals surface area contributed by atoms with E-state index in [1.165, 1.54) is 0 Å². The van der Waals surface area contributed by atoms with Crippen LogP contribution in [0.25, 0.3) is 6.08 Å². The first-order valence-electron chi connectivity index (χ1n) is 7.66. The molecule has 2 unspecified atom stereocenters. The highest BCUT2D eigenvalue weighted by Crippen LogP contribution is 2.35. The molecule has 0 radical (unpaired) electrons. The van der Waals surface area contributed by atoms with Crippen LogP contribution < -0.4 is 0 Å². The monoisotopic (exact) mass is 289 g/mol. The van der Waals surface area contributed by atoms with Gasteiger partial charge in [-0.05, 0) is 45.6 Å². The van der Waals surface area contributed by atoms with Crippen LogP contribution in [-0.4, -0.2) is 43.9 Å². The second-order valence-electron chi connectivity index (χ2n) is 6.30. The van der Waals surface area contributed by atoms with Gasteiger partial charge in [0.25, 0.3) is 0 Å². The van der Waals surface area contributed by atoms with Crippen molar-refractivity contribution >= 4 is 12.0 Å². The summed E-state index contributed by atoms with van der Waals surface area (Å²) in [6.45, 7) is 3.96. The summed E-state index contributed by atoms with van der Waals surface area (Å²) in [5.41, 5.74) is 3.03. The molecule has 1 N–H and O–H groups in total. The highest BCUT2D eigenvalue weighted by Gasteiger charge is 2.41. The molecule has 2 aliphatic rings. The summed E-state index contributed by atoms with van der Waals surface area (Å²) in [7, 11) is 1.91. The largest absolute Gasteiger partial charge is 0.393 e. The van der Waals surface area contributed by atoms with Crippen molar-refractivity contribution in [2.75, 3.05) is 0 Å². The third-order valence-corrected chi connectivity index (χ3v) is 4.92. The standard InChI is InChI=1S/C16H23N3O2/c1-10-15(11(2)18(3)17-10)6-7-16(21)19-12-4-5-13(19)9-14(20)8-12/h6-7,12-14,20H,4-5,8-9H2,1-3H3. The molecule has 1 amide bonds. The Morgan fingerprint density at radius 2 is 1.90 bits per heavy atom. The molecule has 0 aromatic carbocycles. The number of aromatic nitrogens is 2. The van der Waals surface area contributed by atoms with Crippen molar-refractivity contribution in [1.29, 1.82) is 0 Å². The average Bonchev–Trinajstić information content (AvgIpc) is 2.83. The molecule has 5 heteroatoms. The molecule has 21 heavy (non-hydrogen) atoms. The maximum Gasteiger partial charge on any atom is 0.247 e. The summed E-state index contributed by atoms with van der Waals surface area (Å²) < 4.78 is 1.83. The van der Waals surface area contributed by atoms with Gasteiger partial charge in [0.2, 0.25) is 5.91 Å². The normalized spacial score (nSPS) is 28.6. The molecule has 0 spiro atoms. The minimum Gasteiger partial charge on any atom is -0.393 e. The Bertz CT molecular complexity index is 577. The number of hydrogen-bond donors (Lipinski definition) is 1. The molecule has 2 bridgehead atoms. The van der Waals surface area contributed by atoms with Crippen molar-refractivity contribution < 1.29 is 9.90 Å². The Morgan fingerprint density at radius 1 is 1.29 bits per heavy atom. The van der Waals surface area contributed by atoms with Crippen molar-refractivity contribution in [3.63, 3.8) is 0 Å². The molecule has 2 fully saturated rings. The van der Waals surface area contributed by atoms with Gasteiger partial charge in [-0.3, -0.25) is 9.48 Å². The fraction of sp³-hybridized carbons (Fsp3) is 0.625. The quantitative estimate of drug-likeness (QED) is 0.841. The number of carbonyl (C=O) groups is 1. The van der Waals surface area contributed by atoms with Crippen LogP contribution in [-0.2, 0) is 11.8 Å². The van der Waals surface area contributed by atoms with Gasteiger partial charge < -0.3 is 10.0 Å². The van der Waals surface area contributed by atoms with Crippen LogP contribution in [0, 0.1) is 13.8 Å². The first kappa shape index (κ1) is 14.3. The summed E-state index contributed by atoms with van der Waals surface area (Å²) in [5.74, 6) is 0.0667. The van der Waals surface area contributed by atoms with Crippen molar-refractivity contribution in [2.24, 2.45) is 7.05 Å². The minimum atomic E-state index is -0.238. The lowest BCUT2D eigenvalue weighted by molar-refractivity contribution is -0.131. The van der Waals surface area contributed by atoms with E-state index >= 15 is 0 Å². The Kier molecular flexibility index (Phi) is 3.61. The Balaban J connectivity index is 1.76. The Hall–Kier alpha value is -1.62. The molecule has 2 atom stereocenters. The maximum atomic E-state index is 12.5. The number of carbonyl (C=O) groups excluding carboxylic acids is 1. The molecular formula is C16H23N3O2. The van der Waals surface area contributed by atoms with Crippen LogP contribution in [0.5, 0.6) is 0 Å². The predicted molar refractivity (Wildman–Crippen MR) is 80.6 cm³/mol. The van der Waals surface area contributed by atoms with Crippen molar-refractivity contribution in [3.8, 4) is 0 Å². The first-order chi connectivity index (χ1) is 9.97. The van der Waals surface area contributed by atoms with Crippen LogP contribution in [0.4, 0.5) is 0 Å². The number of rotatable bonds is 2. The van der Waals surface area contributed by atoms with Gasteiger partial charge in [0, 0.05) is 36.5 Å². The van der Waals surface area contributed by atoms with Gasteiger partial charge >= 0.3 is 0 Å². The van der Waals surface area contributed by atoms with Crippen LogP contribution in [0.2, 0.25) is 0 Å². The van der Waals surface area contributed by atoms with E-state index < -0.39 is 0 Å². The third-order valence-electron chi connectivity index (χ3n) is 4.92. The second kappa shape index (κ2) is 5.30. The highest BCUT2D eigenvalue weighted by molar-refractivity contribution is 5.92. The molecule has 1 aromatic rings. The topological polar surface area (TPSA) is 58.4 Å². The van der Waals surface area contributed by atoms with Crippen LogP contribution in [0.3, 0.4) is 0 Å². The van der Waals surface area contributed by atoms with Crippen LogP contribution in [0.15, 0.2) is 6.08 Å². The molecule has 2 saturated heterocycles. The molecule has 0 aliphatic carbocycles.